The van der Waals surface area contributed by atoms with Crippen molar-refractivity contribution in [3.8, 4) is 0 Å². The van der Waals surface area contributed by atoms with E-state index in [1.807, 2.05) is 0 Å². The summed E-state index contributed by atoms with van der Waals surface area (Å²) >= 11 is 0. The molecule has 1 aliphatic heterocycles. The Labute approximate surface area is 83.1 Å². The molecule has 0 bridgehead atoms. The Balaban J connectivity index is 2.52. The first kappa shape index (κ1) is 9.46. The van der Waals surface area contributed by atoms with Gasteiger partial charge < -0.3 is 9.72 Å². The first-order valence-electron chi connectivity index (χ1n) is 5.01. The van der Waals surface area contributed by atoms with Crippen LogP contribution in [0.2, 0.25) is 0 Å². The molecule has 0 atom stereocenters. The molecule has 2 rings (SSSR count). The summed E-state index contributed by atoms with van der Waals surface area (Å²) in [6, 6.07) is 2.10. The van der Waals surface area contributed by atoms with Crippen LogP contribution >= 0.6 is 0 Å². The molecule has 1 aromatic rings. The minimum atomic E-state index is 0.0194. The maximum Gasteiger partial charge on any atom is 0.253 e. The van der Waals surface area contributed by atoms with Gasteiger partial charge in [0.2, 0.25) is 0 Å². The van der Waals surface area contributed by atoms with Gasteiger partial charge in [-0.05, 0) is 24.0 Å². The fourth-order valence-electron chi connectivity index (χ4n) is 1.71. The normalized spacial score (nSPS) is 15.6. The van der Waals surface area contributed by atoms with Gasteiger partial charge in [-0.15, -0.1) is 0 Å². The highest BCUT2D eigenvalue weighted by Gasteiger charge is 2.14. The molecular formula is C11H15NO2. The number of nitrogens with one attached hydrogen (secondary N) is 1. The first-order chi connectivity index (χ1) is 6.68. The molecular weight excluding hydrogens is 178 g/mol. The molecule has 0 unspecified atom stereocenters. The number of hydrogen-bond acceptors (Lipinski definition) is 2. The van der Waals surface area contributed by atoms with Gasteiger partial charge >= 0.3 is 0 Å². The van der Waals surface area contributed by atoms with Crippen LogP contribution in [0, 0.1) is 0 Å². The van der Waals surface area contributed by atoms with Crippen LogP contribution < -0.4 is 5.56 Å². The molecule has 2 heterocycles. The summed E-state index contributed by atoms with van der Waals surface area (Å²) in [5.74, 6) is 0.371. The molecule has 0 spiro atoms. The lowest BCUT2D eigenvalue weighted by molar-refractivity contribution is 0.109. The number of H-pyrrole nitrogens is 1. The number of pyridine rings is 1. The highest BCUT2D eigenvalue weighted by Crippen LogP contribution is 2.17. The summed E-state index contributed by atoms with van der Waals surface area (Å²) in [6.07, 6.45) is 0.860. The van der Waals surface area contributed by atoms with Gasteiger partial charge in [0, 0.05) is 11.3 Å². The zero-order valence-corrected chi connectivity index (χ0v) is 8.59. The second-order valence-corrected chi connectivity index (χ2v) is 4.01. The minimum Gasteiger partial charge on any atom is -0.376 e. The predicted octanol–water partition coefficient (Wildman–Crippen LogP) is 1.57. The number of fused-ring (bicyclic) bond motifs is 1. The van der Waals surface area contributed by atoms with Crippen molar-refractivity contribution in [3.63, 3.8) is 0 Å². The smallest absolute Gasteiger partial charge is 0.253 e. The largest absolute Gasteiger partial charge is 0.376 e. The Bertz CT molecular complexity index is 393. The molecule has 1 aliphatic rings. The molecule has 0 radical (unpaired) electrons. The van der Waals surface area contributed by atoms with Crippen LogP contribution in [0.1, 0.15) is 36.6 Å². The summed E-state index contributed by atoms with van der Waals surface area (Å²) in [5, 5.41) is 0. The number of ether oxygens (including phenoxy) is 1. The van der Waals surface area contributed by atoms with Gasteiger partial charge in [-0.1, -0.05) is 13.8 Å². The maximum atomic E-state index is 11.7. The summed E-state index contributed by atoms with van der Waals surface area (Å²) in [7, 11) is 0. The van der Waals surface area contributed by atoms with Crippen molar-refractivity contribution in [2.24, 2.45) is 0 Å². The minimum absolute atomic E-state index is 0.0194. The van der Waals surface area contributed by atoms with Gasteiger partial charge in [0.15, 0.2) is 0 Å². The molecule has 0 amide bonds. The van der Waals surface area contributed by atoms with Crippen LogP contribution in [0.3, 0.4) is 0 Å². The lowest BCUT2D eigenvalue weighted by Crippen LogP contribution is -2.23. The van der Waals surface area contributed by atoms with Crippen LogP contribution in [-0.4, -0.2) is 11.6 Å². The van der Waals surface area contributed by atoms with Crippen LogP contribution in [0.25, 0.3) is 0 Å². The van der Waals surface area contributed by atoms with Crippen molar-refractivity contribution >= 4 is 0 Å². The van der Waals surface area contributed by atoms with E-state index in [-0.39, 0.29) is 5.56 Å². The van der Waals surface area contributed by atoms with E-state index in [0.29, 0.717) is 12.5 Å². The Kier molecular flexibility index (Phi) is 2.42. The van der Waals surface area contributed by atoms with Gasteiger partial charge in [-0.3, -0.25) is 4.79 Å². The van der Waals surface area contributed by atoms with Crippen molar-refractivity contribution in [3.05, 3.63) is 33.2 Å². The highest BCUT2D eigenvalue weighted by molar-refractivity contribution is 5.28. The molecule has 76 valence electrons. The summed E-state index contributed by atoms with van der Waals surface area (Å²) in [6.45, 7) is 5.35. The van der Waals surface area contributed by atoms with Crippen molar-refractivity contribution < 1.29 is 4.74 Å². The van der Waals surface area contributed by atoms with Crippen LogP contribution in [0.5, 0.6) is 0 Å². The molecule has 3 nitrogen and oxygen atoms in total. The molecule has 0 aliphatic carbocycles. The highest BCUT2D eigenvalue weighted by atomic mass is 16.5. The molecule has 0 aromatic carbocycles. The van der Waals surface area contributed by atoms with E-state index in [1.54, 1.807) is 0 Å². The average Bonchev–Trinajstić information content (AvgIpc) is 2.17. The predicted molar refractivity (Wildman–Crippen MR) is 54.5 cm³/mol. The van der Waals surface area contributed by atoms with Crippen molar-refractivity contribution in [2.45, 2.75) is 32.8 Å². The summed E-state index contributed by atoms with van der Waals surface area (Å²) in [4.78, 5) is 14.6. The molecule has 3 heteroatoms. The third-order valence-corrected chi connectivity index (χ3v) is 2.63. The molecule has 0 saturated carbocycles. The molecule has 0 saturated heterocycles. The second kappa shape index (κ2) is 3.58. The molecule has 1 N–H and O–H groups in total. The monoisotopic (exact) mass is 193 g/mol. The maximum absolute atomic E-state index is 11.7. The number of aromatic amines is 1. The van der Waals surface area contributed by atoms with Gasteiger partial charge in [-0.25, -0.2) is 0 Å². The van der Waals surface area contributed by atoms with Crippen LogP contribution in [0.4, 0.5) is 0 Å². The van der Waals surface area contributed by atoms with Gasteiger partial charge in [0.05, 0.1) is 13.2 Å². The van der Waals surface area contributed by atoms with Crippen molar-refractivity contribution in [2.75, 3.05) is 6.61 Å². The topological polar surface area (TPSA) is 42.1 Å². The zero-order valence-electron chi connectivity index (χ0n) is 8.59. The zero-order chi connectivity index (χ0) is 10.1. The Morgan fingerprint density at radius 3 is 3.00 bits per heavy atom. The lowest BCUT2D eigenvalue weighted by Gasteiger charge is -2.17. The fraction of sp³-hybridized carbons (Fsp3) is 0.545. The van der Waals surface area contributed by atoms with Crippen molar-refractivity contribution in [1.82, 2.24) is 4.98 Å². The fourth-order valence-corrected chi connectivity index (χ4v) is 1.71. The van der Waals surface area contributed by atoms with E-state index in [9.17, 15) is 4.79 Å². The summed E-state index contributed by atoms with van der Waals surface area (Å²) < 4.78 is 5.26. The number of aromatic nitrogens is 1. The standard InChI is InChI=1S/C11H15NO2/c1-7(2)10-5-8-3-4-14-6-9(8)11(13)12-10/h5,7H,3-4,6H2,1-2H3,(H,12,13). The third kappa shape index (κ3) is 1.60. The summed E-state index contributed by atoms with van der Waals surface area (Å²) in [5.41, 5.74) is 3.01. The van der Waals surface area contributed by atoms with Crippen molar-refractivity contribution in [1.29, 1.82) is 0 Å². The van der Waals surface area contributed by atoms with E-state index in [2.05, 4.69) is 24.9 Å². The van der Waals surface area contributed by atoms with Gasteiger partial charge in [0.1, 0.15) is 0 Å². The van der Waals surface area contributed by atoms with E-state index in [4.69, 9.17) is 4.74 Å². The Hall–Kier alpha value is -1.09. The van der Waals surface area contributed by atoms with E-state index in [1.165, 1.54) is 0 Å². The molecule has 14 heavy (non-hydrogen) atoms. The molecule has 1 aromatic heterocycles. The molecule has 0 fully saturated rings. The second-order valence-electron chi connectivity index (χ2n) is 4.01. The Morgan fingerprint density at radius 1 is 1.50 bits per heavy atom. The first-order valence-corrected chi connectivity index (χ1v) is 5.01. The van der Waals surface area contributed by atoms with Crippen LogP contribution in [0.15, 0.2) is 10.9 Å². The van der Waals surface area contributed by atoms with E-state index < -0.39 is 0 Å². The number of rotatable bonds is 1. The van der Waals surface area contributed by atoms with Gasteiger partial charge in [-0.2, -0.15) is 0 Å². The van der Waals surface area contributed by atoms with Crippen LogP contribution in [-0.2, 0) is 17.8 Å². The quantitative estimate of drug-likeness (QED) is 0.735. The Morgan fingerprint density at radius 2 is 2.29 bits per heavy atom. The SMILES string of the molecule is CC(C)c1cc2c(c(=O)[nH]1)COCC2. The van der Waals surface area contributed by atoms with E-state index in [0.717, 1.165) is 29.8 Å². The third-order valence-electron chi connectivity index (χ3n) is 2.63. The van der Waals surface area contributed by atoms with E-state index >= 15 is 0 Å². The average molecular weight is 193 g/mol. The van der Waals surface area contributed by atoms with Gasteiger partial charge in [0.25, 0.3) is 5.56 Å². The lowest BCUT2D eigenvalue weighted by atomic mass is 10.0. The number of hydrogen-bond donors (Lipinski definition) is 1.